The molecule has 100 valence electrons. The third-order valence-corrected chi connectivity index (χ3v) is 2.94. The van der Waals surface area contributed by atoms with Crippen molar-refractivity contribution >= 4 is 16.0 Å². The number of carbonyl (C=O) groups is 1. The van der Waals surface area contributed by atoms with E-state index in [1.54, 1.807) is 24.3 Å². The van der Waals surface area contributed by atoms with Crippen LogP contribution in [0.1, 0.15) is 5.56 Å². The zero-order chi connectivity index (χ0) is 13.8. The topological polar surface area (TPSA) is 92.7 Å². The SMILES string of the molecule is COc1cccc(CC(NS(C)(=O)=O)C(=O)O)c1. The van der Waals surface area contributed by atoms with Crippen LogP contribution in [0.15, 0.2) is 24.3 Å². The fourth-order valence-corrected chi connectivity index (χ4v) is 2.17. The number of hydrogen-bond donors (Lipinski definition) is 2. The predicted molar refractivity (Wildman–Crippen MR) is 66.1 cm³/mol. The molecule has 6 nitrogen and oxygen atoms in total. The van der Waals surface area contributed by atoms with Crippen LogP contribution in [0, 0.1) is 0 Å². The zero-order valence-corrected chi connectivity index (χ0v) is 10.9. The van der Waals surface area contributed by atoms with Crippen LogP contribution in [0.25, 0.3) is 0 Å². The lowest BCUT2D eigenvalue weighted by Gasteiger charge is -2.13. The Labute approximate surface area is 106 Å². The van der Waals surface area contributed by atoms with Crippen LogP contribution in [0.2, 0.25) is 0 Å². The molecule has 0 saturated carbocycles. The van der Waals surface area contributed by atoms with Crippen molar-refractivity contribution in [3.05, 3.63) is 29.8 Å². The minimum Gasteiger partial charge on any atom is -0.497 e. The quantitative estimate of drug-likeness (QED) is 0.774. The van der Waals surface area contributed by atoms with Crippen LogP contribution in [-0.2, 0) is 21.2 Å². The van der Waals surface area contributed by atoms with E-state index in [1.807, 2.05) is 0 Å². The first-order valence-corrected chi connectivity index (χ1v) is 7.04. The molecule has 0 bridgehead atoms. The van der Waals surface area contributed by atoms with E-state index >= 15 is 0 Å². The number of hydrogen-bond acceptors (Lipinski definition) is 4. The normalized spacial score (nSPS) is 13.0. The van der Waals surface area contributed by atoms with Gasteiger partial charge in [0.25, 0.3) is 0 Å². The van der Waals surface area contributed by atoms with E-state index in [0.29, 0.717) is 11.3 Å². The smallest absolute Gasteiger partial charge is 0.322 e. The largest absolute Gasteiger partial charge is 0.497 e. The van der Waals surface area contributed by atoms with E-state index in [4.69, 9.17) is 9.84 Å². The Balaban J connectivity index is 2.86. The Kier molecular flexibility index (Phi) is 4.69. The molecule has 0 aromatic heterocycles. The summed E-state index contributed by atoms with van der Waals surface area (Å²) in [7, 11) is -2.06. The number of rotatable bonds is 6. The van der Waals surface area contributed by atoms with Gasteiger partial charge >= 0.3 is 5.97 Å². The second kappa shape index (κ2) is 5.83. The van der Waals surface area contributed by atoms with Crippen molar-refractivity contribution in [2.75, 3.05) is 13.4 Å². The maximum Gasteiger partial charge on any atom is 0.322 e. The lowest BCUT2D eigenvalue weighted by molar-refractivity contribution is -0.138. The summed E-state index contributed by atoms with van der Waals surface area (Å²) in [4.78, 5) is 11.0. The summed E-state index contributed by atoms with van der Waals surface area (Å²) in [5, 5.41) is 8.97. The molecule has 0 aliphatic heterocycles. The summed E-state index contributed by atoms with van der Waals surface area (Å²) in [6.45, 7) is 0. The van der Waals surface area contributed by atoms with Crippen molar-refractivity contribution in [1.29, 1.82) is 0 Å². The lowest BCUT2D eigenvalue weighted by atomic mass is 10.1. The second-order valence-electron chi connectivity index (χ2n) is 3.84. The first kappa shape index (κ1) is 14.5. The molecule has 0 fully saturated rings. The van der Waals surface area contributed by atoms with Crippen LogP contribution in [0.5, 0.6) is 5.75 Å². The van der Waals surface area contributed by atoms with Crippen LogP contribution >= 0.6 is 0 Å². The summed E-state index contributed by atoms with van der Waals surface area (Å²) < 4.78 is 29.2. The minimum absolute atomic E-state index is 0.0552. The highest BCUT2D eigenvalue weighted by atomic mass is 32.2. The van der Waals surface area contributed by atoms with Crippen LogP contribution < -0.4 is 9.46 Å². The molecule has 0 spiro atoms. The molecule has 1 unspecified atom stereocenters. The van der Waals surface area contributed by atoms with Crippen molar-refractivity contribution < 1.29 is 23.1 Å². The molecule has 1 aromatic rings. The van der Waals surface area contributed by atoms with Crippen molar-refractivity contribution in [3.8, 4) is 5.75 Å². The maximum absolute atomic E-state index is 11.1. The van der Waals surface area contributed by atoms with Crippen molar-refractivity contribution in [2.45, 2.75) is 12.5 Å². The molecule has 7 heteroatoms. The van der Waals surface area contributed by atoms with E-state index in [2.05, 4.69) is 4.72 Å². The van der Waals surface area contributed by atoms with E-state index in [-0.39, 0.29) is 6.42 Å². The molecular formula is C11H15NO5S. The lowest BCUT2D eigenvalue weighted by Crippen LogP contribution is -2.41. The number of sulfonamides is 1. The van der Waals surface area contributed by atoms with Gasteiger partial charge in [-0.3, -0.25) is 4.79 Å². The van der Waals surface area contributed by atoms with Gasteiger partial charge in [-0.25, -0.2) is 13.1 Å². The molecule has 18 heavy (non-hydrogen) atoms. The predicted octanol–water partition coefficient (Wildman–Crippen LogP) is 0.240. The number of carboxylic acids is 1. The van der Waals surface area contributed by atoms with Gasteiger partial charge in [-0.05, 0) is 24.1 Å². The van der Waals surface area contributed by atoms with Gasteiger partial charge in [0.1, 0.15) is 11.8 Å². The fourth-order valence-electron chi connectivity index (χ4n) is 1.47. The summed E-state index contributed by atoms with van der Waals surface area (Å²) >= 11 is 0. The molecule has 0 saturated heterocycles. The minimum atomic E-state index is -3.57. The standard InChI is InChI=1S/C11H15NO5S/c1-17-9-5-3-4-8(6-9)7-10(11(13)14)12-18(2,15)16/h3-6,10,12H,7H2,1-2H3,(H,13,14). The van der Waals surface area contributed by atoms with Gasteiger partial charge in [0, 0.05) is 0 Å². The highest BCUT2D eigenvalue weighted by molar-refractivity contribution is 7.88. The number of carboxylic acid groups (broad SMARTS) is 1. The third-order valence-electron chi connectivity index (χ3n) is 2.23. The molecule has 0 aliphatic carbocycles. The second-order valence-corrected chi connectivity index (χ2v) is 5.62. The number of aliphatic carboxylic acids is 1. The van der Waals surface area contributed by atoms with Gasteiger partial charge < -0.3 is 9.84 Å². The summed E-state index contributed by atoms with van der Waals surface area (Å²) in [5.74, 6) is -0.626. The first-order chi connectivity index (χ1) is 8.31. The highest BCUT2D eigenvalue weighted by Gasteiger charge is 2.21. The Bertz CT molecular complexity index is 526. The van der Waals surface area contributed by atoms with Gasteiger partial charge in [0.05, 0.1) is 13.4 Å². The Morgan fingerprint density at radius 2 is 2.17 bits per heavy atom. The molecule has 1 aromatic carbocycles. The van der Waals surface area contributed by atoms with Gasteiger partial charge in [-0.15, -0.1) is 0 Å². The summed E-state index contributed by atoms with van der Waals surface area (Å²) in [6, 6.07) is 5.63. The third kappa shape index (κ3) is 4.72. The van der Waals surface area contributed by atoms with Crippen LogP contribution in [0.4, 0.5) is 0 Å². The summed E-state index contributed by atoms with van der Waals surface area (Å²) in [6.07, 6.45) is 0.980. The number of nitrogens with one attached hydrogen (secondary N) is 1. The van der Waals surface area contributed by atoms with Crippen LogP contribution in [-0.4, -0.2) is 38.9 Å². The molecule has 0 heterocycles. The Morgan fingerprint density at radius 3 is 2.67 bits per heavy atom. The summed E-state index contributed by atoms with van der Waals surface area (Å²) in [5.41, 5.74) is 0.679. The fraction of sp³-hybridized carbons (Fsp3) is 0.364. The van der Waals surface area contributed by atoms with Gasteiger partial charge in [-0.2, -0.15) is 0 Å². The molecule has 0 radical (unpaired) electrons. The maximum atomic E-state index is 11.1. The number of ether oxygens (including phenoxy) is 1. The number of methoxy groups -OCH3 is 1. The molecule has 1 rings (SSSR count). The van der Waals surface area contributed by atoms with E-state index in [1.165, 1.54) is 7.11 Å². The average molecular weight is 273 g/mol. The highest BCUT2D eigenvalue weighted by Crippen LogP contribution is 2.14. The molecule has 0 amide bonds. The monoisotopic (exact) mass is 273 g/mol. The Morgan fingerprint density at radius 1 is 1.50 bits per heavy atom. The van der Waals surface area contributed by atoms with E-state index in [0.717, 1.165) is 6.26 Å². The molecule has 0 aliphatic rings. The molecule has 1 atom stereocenters. The number of benzene rings is 1. The van der Waals surface area contributed by atoms with Gasteiger partial charge in [0.15, 0.2) is 0 Å². The molecule has 2 N–H and O–H groups in total. The average Bonchev–Trinajstić information content (AvgIpc) is 2.26. The van der Waals surface area contributed by atoms with E-state index in [9.17, 15) is 13.2 Å². The van der Waals surface area contributed by atoms with Gasteiger partial charge in [-0.1, -0.05) is 12.1 Å². The van der Waals surface area contributed by atoms with Crippen molar-refractivity contribution in [2.24, 2.45) is 0 Å². The van der Waals surface area contributed by atoms with Crippen molar-refractivity contribution in [3.63, 3.8) is 0 Å². The van der Waals surface area contributed by atoms with Crippen molar-refractivity contribution in [1.82, 2.24) is 4.72 Å². The Hall–Kier alpha value is -1.60. The van der Waals surface area contributed by atoms with Crippen LogP contribution in [0.3, 0.4) is 0 Å². The van der Waals surface area contributed by atoms with Gasteiger partial charge in [0.2, 0.25) is 10.0 Å². The first-order valence-electron chi connectivity index (χ1n) is 5.15. The van der Waals surface area contributed by atoms with E-state index < -0.39 is 22.0 Å². The molecular weight excluding hydrogens is 258 g/mol. The zero-order valence-electron chi connectivity index (χ0n) is 10.1.